The molecule has 1 N–H and O–H groups in total. The van der Waals surface area contributed by atoms with Gasteiger partial charge in [0.15, 0.2) is 0 Å². The molecule has 0 aromatic carbocycles. The number of carboxylic acid groups (broad SMARTS) is 1. The second-order valence-electron chi connectivity index (χ2n) is 5.66. The Morgan fingerprint density at radius 1 is 1.40 bits per heavy atom. The van der Waals surface area contributed by atoms with E-state index in [1.165, 1.54) is 6.33 Å². The molecule has 0 radical (unpaired) electrons. The number of likely N-dealkylation sites (N-methyl/N-ethyl adjacent to an activating group) is 1. The Hall–Kier alpha value is -1.47. The maximum Gasteiger partial charge on any atom is 0.317 e. The van der Waals surface area contributed by atoms with Crippen molar-refractivity contribution in [2.24, 2.45) is 5.92 Å². The van der Waals surface area contributed by atoms with E-state index in [4.69, 9.17) is 5.11 Å². The minimum absolute atomic E-state index is 0.0162. The van der Waals surface area contributed by atoms with Gasteiger partial charge >= 0.3 is 5.97 Å². The predicted octanol–water partition coefficient (Wildman–Crippen LogP) is 0.382. The summed E-state index contributed by atoms with van der Waals surface area (Å²) in [6.07, 6.45) is 1.53. The van der Waals surface area contributed by atoms with Crippen LogP contribution in [0.5, 0.6) is 0 Å². The number of carbonyl (C=O) groups is 1. The molecule has 0 fully saturated rings. The lowest BCUT2D eigenvalue weighted by atomic mass is 10.2. The van der Waals surface area contributed by atoms with Crippen molar-refractivity contribution < 1.29 is 9.90 Å². The first kappa shape index (κ1) is 16.6. The quantitative estimate of drug-likeness (QED) is 0.706. The Kier molecular flexibility index (Phi) is 6.60. The summed E-state index contributed by atoms with van der Waals surface area (Å²) >= 11 is 0. The summed E-state index contributed by atoms with van der Waals surface area (Å²) in [6, 6.07) is 0. The van der Waals surface area contributed by atoms with Crippen LogP contribution in [0.25, 0.3) is 0 Å². The standard InChI is InChI=1S/C13H25N5O2/c1-11(2)7-18-12(14-10-15-18)8-17(9-13(19)20)6-5-16(3)4/h10-11H,5-9H2,1-4H3,(H,19,20). The van der Waals surface area contributed by atoms with Crippen LogP contribution in [0.4, 0.5) is 0 Å². The van der Waals surface area contributed by atoms with E-state index in [-0.39, 0.29) is 6.54 Å². The first-order chi connectivity index (χ1) is 9.38. The third-order valence-corrected chi connectivity index (χ3v) is 2.82. The summed E-state index contributed by atoms with van der Waals surface area (Å²) in [7, 11) is 3.94. The van der Waals surface area contributed by atoms with Gasteiger partial charge in [0, 0.05) is 19.6 Å². The molecule has 0 spiro atoms. The van der Waals surface area contributed by atoms with Crippen molar-refractivity contribution in [2.45, 2.75) is 26.9 Å². The third-order valence-electron chi connectivity index (χ3n) is 2.82. The molecule has 0 amide bonds. The van der Waals surface area contributed by atoms with Crippen LogP contribution in [0.2, 0.25) is 0 Å². The maximum atomic E-state index is 10.9. The number of rotatable bonds is 9. The van der Waals surface area contributed by atoms with Crippen molar-refractivity contribution in [3.8, 4) is 0 Å². The minimum atomic E-state index is -0.821. The zero-order valence-electron chi connectivity index (χ0n) is 12.8. The highest BCUT2D eigenvalue weighted by molar-refractivity contribution is 5.69. The Morgan fingerprint density at radius 2 is 2.10 bits per heavy atom. The van der Waals surface area contributed by atoms with Gasteiger partial charge in [0.2, 0.25) is 0 Å². The highest BCUT2D eigenvalue weighted by Gasteiger charge is 2.14. The molecule has 7 heteroatoms. The van der Waals surface area contributed by atoms with Crippen molar-refractivity contribution >= 4 is 5.97 Å². The first-order valence-corrected chi connectivity index (χ1v) is 6.84. The molecule has 114 valence electrons. The summed E-state index contributed by atoms with van der Waals surface area (Å²) in [5.41, 5.74) is 0. The number of aliphatic carboxylic acids is 1. The number of carboxylic acids is 1. The molecule has 0 aliphatic heterocycles. The van der Waals surface area contributed by atoms with Gasteiger partial charge in [-0.25, -0.2) is 9.67 Å². The van der Waals surface area contributed by atoms with Crippen LogP contribution in [-0.4, -0.2) is 69.4 Å². The Labute approximate surface area is 120 Å². The largest absolute Gasteiger partial charge is 0.480 e. The molecule has 1 heterocycles. The fraction of sp³-hybridized carbons (Fsp3) is 0.769. The highest BCUT2D eigenvalue weighted by atomic mass is 16.4. The van der Waals surface area contributed by atoms with Crippen LogP contribution < -0.4 is 0 Å². The maximum absolute atomic E-state index is 10.9. The third kappa shape index (κ3) is 6.12. The van der Waals surface area contributed by atoms with Gasteiger partial charge in [0.05, 0.1) is 13.1 Å². The molecule has 0 saturated heterocycles. The van der Waals surface area contributed by atoms with Crippen molar-refractivity contribution in [2.75, 3.05) is 33.7 Å². The SMILES string of the molecule is CC(C)Cn1ncnc1CN(CCN(C)C)CC(=O)O. The van der Waals surface area contributed by atoms with Gasteiger partial charge in [-0.2, -0.15) is 5.10 Å². The number of hydrogen-bond acceptors (Lipinski definition) is 5. The van der Waals surface area contributed by atoms with Crippen molar-refractivity contribution in [3.05, 3.63) is 12.2 Å². The molecule has 1 aromatic rings. The molecule has 1 rings (SSSR count). The molecule has 0 atom stereocenters. The van der Waals surface area contributed by atoms with E-state index in [9.17, 15) is 4.79 Å². The average Bonchev–Trinajstić information content (AvgIpc) is 2.72. The minimum Gasteiger partial charge on any atom is -0.480 e. The summed E-state index contributed by atoms with van der Waals surface area (Å²) < 4.78 is 1.86. The van der Waals surface area contributed by atoms with Crippen LogP contribution >= 0.6 is 0 Å². The molecule has 20 heavy (non-hydrogen) atoms. The lowest BCUT2D eigenvalue weighted by molar-refractivity contribution is -0.138. The van der Waals surface area contributed by atoms with E-state index >= 15 is 0 Å². The monoisotopic (exact) mass is 283 g/mol. The van der Waals surface area contributed by atoms with Crippen molar-refractivity contribution in [3.63, 3.8) is 0 Å². The topological polar surface area (TPSA) is 74.5 Å². The summed E-state index contributed by atoms with van der Waals surface area (Å²) in [6.45, 7) is 7.05. The van der Waals surface area contributed by atoms with Crippen LogP contribution in [0.3, 0.4) is 0 Å². The summed E-state index contributed by atoms with van der Waals surface area (Å²) in [5, 5.41) is 13.2. The molecule has 0 unspecified atom stereocenters. The molecular formula is C13H25N5O2. The van der Waals surface area contributed by atoms with Crippen LogP contribution in [0.1, 0.15) is 19.7 Å². The molecule has 0 aliphatic rings. The average molecular weight is 283 g/mol. The molecular weight excluding hydrogens is 258 g/mol. The van der Waals surface area contributed by atoms with E-state index in [2.05, 4.69) is 23.9 Å². The Morgan fingerprint density at radius 3 is 2.65 bits per heavy atom. The van der Waals surface area contributed by atoms with Gasteiger partial charge < -0.3 is 10.0 Å². The molecule has 1 aromatic heterocycles. The Balaban J connectivity index is 2.68. The zero-order valence-corrected chi connectivity index (χ0v) is 12.8. The number of aromatic nitrogens is 3. The van der Waals surface area contributed by atoms with E-state index in [0.29, 0.717) is 19.0 Å². The number of nitrogens with zero attached hydrogens (tertiary/aromatic N) is 5. The first-order valence-electron chi connectivity index (χ1n) is 6.84. The van der Waals surface area contributed by atoms with Gasteiger partial charge in [-0.15, -0.1) is 0 Å². The van der Waals surface area contributed by atoms with E-state index < -0.39 is 5.97 Å². The lowest BCUT2D eigenvalue weighted by Gasteiger charge is -2.22. The van der Waals surface area contributed by atoms with E-state index in [0.717, 1.165) is 18.9 Å². The lowest BCUT2D eigenvalue weighted by Crippen LogP contribution is -2.36. The van der Waals surface area contributed by atoms with Gasteiger partial charge in [-0.3, -0.25) is 9.69 Å². The molecule has 0 aliphatic carbocycles. The van der Waals surface area contributed by atoms with Gasteiger partial charge in [0.1, 0.15) is 12.2 Å². The summed E-state index contributed by atoms with van der Waals surface area (Å²) in [5.74, 6) is 0.475. The highest BCUT2D eigenvalue weighted by Crippen LogP contribution is 2.05. The normalized spacial score (nSPS) is 11.8. The fourth-order valence-corrected chi connectivity index (χ4v) is 1.86. The fourth-order valence-electron chi connectivity index (χ4n) is 1.86. The second-order valence-corrected chi connectivity index (χ2v) is 5.66. The van der Waals surface area contributed by atoms with Crippen molar-refractivity contribution in [1.82, 2.24) is 24.6 Å². The second kappa shape index (κ2) is 7.96. The molecule has 0 bridgehead atoms. The van der Waals surface area contributed by atoms with Gasteiger partial charge in [0.25, 0.3) is 0 Å². The van der Waals surface area contributed by atoms with Crippen molar-refractivity contribution in [1.29, 1.82) is 0 Å². The smallest absolute Gasteiger partial charge is 0.317 e. The van der Waals surface area contributed by atoms with Crippen LogP contribution in [0.15, 0.2) is 6.33 Å². The Bertz CT molecular complexity index is 417. The van der Waals surface area contributed by atoms with Crippen LogP contribution in [-0.2, 0) is 17.9 Å². The zero-order chi connectivity index (χ0) is 15.1. The van der Waals surface area contributed by atoms with E-state index in [1.807, 2.05) is 28.6 Å². The molecule has 7 nitrogen and oxygen atoms in total. The predicted molar refractivity (Wildman–Crippen MR) is 76.3 cm³/mol. The number of hydrogen-bond donors (Lipinski definition) is 1. The van der Waals surface area contributed by atoms with Gasteiger partial charge in [-0.1, -0.05) is 13.8 Å². The molecule has 0 saturated carbocycles. The summed E-state index contributed by atoms with van der Waals surface area (Å²) in [4.78, 5) is 19.1. The van der Waals surface area contributed by atoms with Gasteiger partial charge in [-0.05, 0) is 20.0 Å². The van der Waals surface area contributed by atoms with E-state index in [1.54, 1.807) is 0 Å². The van der Waals surface area contributed by atoms with Crippen LogP contribution in [0, 0.1) is 5.92 Å².